The summed E-state index contributed by atoms with van der Waals surface area (Å²) >= 11 is 0. The lowest BCUT2D eigenvalue weighted by molar-refractivity contribution is -0.154. The molecule has 0 aromatic carbocycles. The van der Waals surface area contributed by atoms with Crippen LogP contribution in [0.4, 0.5) is 0 Å². The predicted molar refractivity (Wildman–Crippen MR) is 224 cm³/mol. The number of ether oxygens (including phenoxy) is 2. The largest absolute Gasteiger partial charge is 0.457 e. The van der Waals surface area contributed by atoms with Crippen molar-refractivity contribution in [1.29, 1.82) is 0 Å². The molecule has 0 aromatic heterocycles. The van der Waals surface area contributed by atoms with Gasteiger partial charge in [0.05, 0.1) is 13.2 Å². The Hall–Kier alpha value is -1.39. The second-order valence-electron chi connectivity index (χ2n) is 15.1. The van der Waals surface area contributed by atoms with Gasteiger partial charge in [0.15, 0.2) is 0 Å². The molecule has 300 valence electrons. The van der Waals surface area contributed by atoms with Gasteiger partial charge in [-0.05, 0) is 51.4 Å². The highest BCUT2D eigenvalue weighted by Crippen LogP contribution is 2.15. The number of aliphatic hydroxyl groups is 1. The van der Waals surface area contributed by atoms with Crippen LogP contribution in [-0.2, 0) is 14.3 Å². The summed E-state index contributed by atoms with van der Waals surface area (Å²) < 4.78 is 11.2. The molecule has 51 heavy (non-hydrogen) atoms. The molecule has 1 atom stereocenters. The fraction of sp³-hybridized carbons (Fsp3) is 0.851. The van der Waals surface area contributed by atoms with Crippen molar-refractivity contribution in [3.05, 3.63) is 36.5 Å². The number of hydrogen-bond acceptors (Lipinski definition) is 4. The molecular weight excluding hydrogens is 629 g/mol. The maximum atomic E-state index is 12.2. The van der Waals surface area contributed by atoms with Gasteiger partial charge in [0.25, 0.3) is 0 Å². The Morgan fingerprint density at radius 3 is 1.27 bits per heavy atom. The van der Waals surface area contributed by atoms with Gasteiger partial charge in [-0.1, -0.05) is 211 Å². The zero-order chi connectivity index (χ0) is 37.0. The smallest absolute Gasteiger partial charge is 0.306 e. The third-order valence-corrected chi connectivity index (χ3v) is 9.97. The van der Waals surface area contributed by atoms with Gasteiger partial charge in [0, 0.05) is 13.0 Å². The molecule has 0 aliphatic rings. The summed E-state index contributed by atoms with van der Waals surface area (Å²) in [6.07, 6.45) is 56.4. The number of rotatable bonds is 42. The first-order chi connectivity index (χ1) is 25.2. The van der Waals surface area contributed by atoms with Gasteiger partial charge in [-0.3, -0.25) is 4.79 Å². The van der Waals surface area contributed by atoms with Crippen LogP contribution in [0.25, 0.3) is 0 Å². The average molecular weight is 717 g/mol. The summed E-state index contributed by atoms with van der Waals surface area (Å²) in [5.41, 5.74) is 0. The molecule has 0 rings (SSSR count). The summed E-state index contributed by atoms with van der Waals surface area (Å²) in [7, 11) is 0. The van der Waals surface area contributed by atoms with Crippen LogP contribution in [0.5, 0.6) is 0 Å². The van der Waals surface area contributed by atoms with Crippen molar-refractivity contribution in [2.75, 3.05) is 19.8 Å². The van der Waals surface area contributed by atoms with E-state index in [1.54, 1.807) is 0 Å². The summed E-state index contributed by atoms with van der Waals surface area (Å²) in [5.74, 6) is -0.210. The first kappa shape index (κ1) is 49.6. The van der Waals surface area contributed by atoms with Crippen molar-refractivity contribution in [2.24, 2.45) is 0 Å². The molecule has 1 unspecified atom stereocenters. The first-order valence-electron chi connectivity index (χ1n) is 22.6. The van der Waals surface area contributed by atoms with Crippen LogP contribution < -0.4 is 0 Å². The number of esters is 1. The fourth-order valence-electron chi connectivity index (χ4n) is 6.57. The predicted octanol–water partition coefficient (Wildman–Crippen LogP) is 14.9. The Balaban J connectivity index is 3.42. The Bertz CT molecular complexity index is 757. The van der Waals surface area contributed by atoms with Crippen LogP contribution in [0.15, 0.2) is 36.5 Å². The van der Waals surface area contributed by atoms with Crippen molar-refractivity contribution in [1.82, 2.24) is 0 Å². The second-order valence-corrected chi connectivity index (χ2v) is 15.1. The molecule has 0 aliphatic heterocycles. The topological polar surface area (TPSA) is 55.8 Å². The van der Waals surface area contributed by atoms with Crippen molar-refractivity contribution in [3.8, 4) is 0 Å². The highest BCUT2D eigenvalue weighted by atomic mass is 16.6. The van der Waals surface area contributed by atoms with Crippen LogP contribution in [0.1, 0.15) is 232 Å². The van der Waals surface area contributed by atoms with E-state index in [4.69, 9.17) is 9.47 Å². The van der Waals surface area contributed by atoms with Crippen LogP contribution in [-0.4, -0.2) is 37.0 Å². The molecule has 0 fully saturated rings. The van der Waals surface area contributed by atoms with Crippen molar-refractivity contribution in [3.63, 3.8) is 0 Å². The average Bonchev–Trinajstić information content (AvgIpc) is 3.14. The van der Waals surface area contributed by atoms with Crippen molar-refractivity contribution >= 4 is 5.97 Å². The van der Waals surface area contributed by atoms with E-state index >= 15 is 0 Å². The minimum Gasteiger partial charge on any atom is -0.457 e. The highest BCUT2D eigenvalue weighted by Gasteiger charge is 2.13. The van der Waals surface area contributed by atoms with E-state index in [1.807, 2.05) is 0 Å². The Kier molecular flexibility index (Phi) is 43.5. The molecule has 4 heteroatoms. The molecule has 0 bridgehead atoms. The van der Waals surface area contributed by atoms with Crippen LogP contribution in [0.2, 0.25) is 0 Å². The molecule has 1 N–H and O–H groups in total. The third-order valence-electron chi connectivity index (χ3n) is 9.97. The monoisotopic (exact) mass is 717 g/mol. The Morgan fingerprint density at radius 1 is 0.471 bits per heavy atom. The van der Waals surface area contributed by atoms with E-state index in [9.17, 15) is 9.90 Å². The standard InChI is InChI=1S/C47H88O4/c1-3-5-7-9-11-13-15-17-19-21-23-25-27-29-31-33-35-37-39-41-43-50-45-46(44-48)51-47(49)42-40-38-36-34-32-30-28-26-24-22-20-18-16-14-12-10-8-6-4-2/h12,14,18,20,24,26,46,48H,3-11,13,15-17,19,21-23,25,27-45H2,1-2H3/b14-12-,20-18-,26-24-. The molecule has 0 saturated carbocycles. The maximum absolute atomic E-state index is 12.2. The van der Waals surface area contributed by atoms with E-state index in [-0.39, 0.29) is 12.6 Å². The molecular formula is C47H88O4. The molecule has 0 heterocycles. The fourth-order valence-corrected chi connectivity index (χ4v) is 6.57. The van der Waals surface area contributed by atoms with E-state index < -0.39 is 6.10 Å². The van der Waals surface area contributed by atoms with Gasteiger partial charge in [0.2, 0.25) is 0 Å². The zero-order valence-electron chi connectivity index (χ0n) is 34.4. The number of hydrogen-bond donors (Lipinski definition) is 1. The van der Waals surface area contributed by atoms with Gasteiger partial charge in [-0.2, -0.15) is 0 Å². The molecule has 0 saturated heterocycles. The van der Waals surface area contributed by atoms with E-state index in [0.29, 0.717) is 19.6 Å². The van der Waals surface area contributed by atoms with Gasteiger partial charge >= 0.3 is 5.97 Å². The summed E-state index contributed by atoms with van der Waals surface area (Å²) in [5, 5.41) is 9.61. The number of carbonyl (C=O) groups is 1. The van der Waals surface area contributed by atoms with Gasteiger partial charge in [-0.15, -0.1) is 0 Å². The lowest BCUT2D eigenvalue weighted by Crippen LogP contribution is -2.27. The number of allylic oxidation sites excluding steroid dienone is 6. The highest BCUT2D eigenvalue weighted by molar-refractivity contribution is 5.69. The maximum Gasteiger partial charge on any atom is 0.306 e. The second kappa shape index (κ2) is 44.8. The zero-order valence-corrected chi connectivity index (χ0v) is 34.4. The Morgan fingerprint density at radius 2 is 0.824 bits per heavy atom. The molecule has 0 radical (unpaired) electrons. The summed E-state index contributed by atoms with van der Waals surface area (Å²) in [6, 6.07) is 0. The molecule has 0 spiro atoms. The number of aliphatic hydroxyl groups excluding tert-OH is 1. The van der Waals surface area contributed by atoms with Gasteiger partial charge in [-0.25, -0.2) is 0 Å². The molecule has 0 amide bonds. The van der Waals surface area contributed by atoms with E-state index in [1.165, 1.54) is 167 Å². The quantitative estimate of drug-likeness (QED) is 0.0388. The lowest BCUT2D eigenvalue weighted by Gasteiger charge is -2.16. The number of carbonyl (C=O) groups excluding carboxylic acids is 1. The SMILES string of the molecule is CCCCC/C=C\C/C=C\C/C=C\CCCCCCCCC(=O)OC(CO)COCCCCCCCCCCCCCCCCCCCCCC. The normalized spacial score (nSPS) is 12.6. The van der Waals surface area contributed by atoms with E-state index in [2.05, 4.69) is 50.3 Å². The van der Waals surface area contributed by atoms with Gasteiger partial charge < -0.3 is 14.6 Å². The summed E-state index contributed by atoms with van der Waals surface area (Å²) in [4.78, 5) is 12.2. The molecule has 0 aromatic rings. The van der Waals surface area contributed by atoms with Crippen LogP contribution in [0.3, 0.4) is 0 Å². The minimum absolute atomic E-state index is 0.174. The molecule has 0 aliphatic carbocycles. The third kappa shape index (κ3) is 42.9. The van der Waals surface area contributed by atoms with Crippen LogP contribution in [0, 0.1) is 0 Å². The molecule has 4 nitrogen and oxygen atoms in total. The van der Waals surface area contributed by atoms with Crippen LogP contribution >= 0.6 is 0 Å². The lowest BCUT2D eigenvalue weighted by atomic mass is 10.0. The minimum atomic E-state index is -0.539. The first-order valence-corrected chi connectivity index (χ1v) is 22.6. The van der Waals surface area contributed by atoms with E-state index in [0.717, 1.165) is 44.9 Å². The van der Waals surface area contributed by atoms with Crippen molar-refractivity contribution < 1.29 is 19.4 Å². The Labute approximate surface area is 319 Å². The number of unbranched alkanes of at least 4 members (excludes halogenated alkanes) is 28. The summed E-state index contributed by atoms with van der Waals surface area (Å²) in [6.45, 7) is 5.34. The van der Waals surface area contributed by atoms with Crippen molar-refractivity contribution in [2.45, 2.75) is 238 Å². The van der Waals surface area contributed by atoms with Gasteiger partial charge in [0.1, 0.15) is 6.10 Å².